The molecular formula is C19H22N2O4S. The van der Waals surface area contributed by atoms with Gasteiger partial charge in [-0.15, -0.1) is 0 Å². The van der Waals surface area contributed by atoms with E-state index in [1.54, 1.807) is 12.1 Å². The standard InChI is InChI=1S/C19H22N2O4S/c1-13-4-5-15(10-14(13)2)20-19(22)21-11-18(12-21)26(23,24)17-8-6-16(25-3)7-9-17/h4-10,18H,11-12H2,1-3H3,(H,20,22). The summed E-state index contributed by atoms with van der Waals surface area (Å²) < 4.78 is 30.3. The molecule has 0 atom stereocenters. The summed E-state index contributed by atoms with van der Waals surface area (Å²) in [5.74, 6) is 0.604. The molecule has 1 aliphatic heterocycles. The second-order valence-corrected chi connectivity index (χ2v) is 8.70. The summed E-state index contributed by atoms with van der Waals surface area (Å²) in [6, 6.07) is 11.7. The summed E-state index contributed by atoms with van der Waals surface area (Å²) in [7, 11) is -1.93. The van der Waals surface area contributed by atoms with Gasteiger partial charge in [0.25, 0.3) is 0 Å². The predicted octanol–water partition coefficient (Wildman–Crippen LogP) is 3.00. The molecule has 1 fully saturated rings. The molecule has 3 rings (SSSR count). The van der Waals surface area contributed by atoms with Crippen molar-refractivity contribution in [1.29, 1.82) is 0 Å². The van der Waals surface area contributed by atoms with E-state index in [1.807, 2.05) is 32.0 Å². The van der Waals surface area contributed by atoms with Gasteiger partial charge in [0.15, 0.2) is 9.84 Å². The van der Waals surface area contributed by atoms with Crippen LogP contribution in [0.5, 0.6) is 5.75 Å². The summed E-state index contributed by atoms with van der Waals surface area (Å²) >= 11 is 0. The number of aryl methyl sites for hydroxylation is 2. The first-order valence-corrected chi connectivity index (χ1v) is 9.87. The molecule has 2 amide bonds. The maximum Gasteiger partial charge on any atom is 0.321 e. The average molecular weight is 374 g/mol. The van der Waals surface area contributed by atoms with Crippen LogP contribution in [0.3, 0.4) is 0 Å². The lowest BCUT2D eigenvalue weighted by Gasteiger charge is -2.38. The highest BCUT2D eigenvalue weighted by molar-refractivity contribution is 7.92. The quantitative estimate of drug-likeness (QED) is 0.893. The number of urea groups is 1. The molecule has 0 aliphatic carbocycles. The van der Waals surface area contributed by atoms with Gasteiger partial charge in [0, 0.05) is 18.8 Å². The summed E-state index contributed by atoms with van der Waals surface area (Å²) in [6.45, 7) is 4.35. The van der Waals surface area contributed by atoms with Crippen LogP contribution in [0.1, 0.15) is 11.1 Å². The molecule has 6 nitrogen and oxygen atoms in total. The van der Waals surface area contributed by atoms with Crippen molar-refractivity contribution >= 4 is 21.6 Å². The Morgan fingerprint density at radius 3 is 2.31 bits per heavy atom. The molecule has 26 heavy (non-hydrogen) atoms. The zero-order valence-electron chi connectivity index (χ0n) is 15.0. The highest BCUT2D eigenvalue weighted by atomic mass is 32.2. The van der Waals surface area contributed by atoms with Gasteiger partial charge in [-0.3, -0.25) is 0 Å². The third-order valence-corrected chi connectivity index (χ3v) is 6.83. The minimum Gasteiger partial charge on any atom is -0.497 e. The van der Waals surface area contributed by atoms with E-state index < -0.39 is 15.1 Å². The molecule has 1 N–H and O–H groups in total. The number of methoxy groups -OCH3 is 1. The van der Waals surface area contributed by atoms with Gasteiger partial charge >= 0.3 is 6.03 Å². The Kier molecular flexibility index (Phi) is 4.91. The molecule has 1 aliphatic rings. The second kappa shape index (κ2) is 6.99. The van der Waals surface area contributed by atoms with Crippen LogP contribution in [0.2, 0.25) is 0 Å². The van der Waals surface area contributed by atoms with Crippen molar-refractivity contribution in [1.82, 2.24) is 4.90 Å². The fraction of sp³-hybridized carbons (Fsp3) is 0.316. The van der Waals surface area contributed by atoms with Gasteiger partial charge in [0.05, 0.1) is 12.0 Å². The highest BCUT2D eigenvalue weighted by Gasteiger charge is 2.40. The molecule has 0 spiro atoms. The Labute approximate surface area is 153 Å². The van der Waals surface area contributed by atoms with Crippen molar-refractivity contribution in [2.75, 3.05) is 25.5 Å². The molecule has 0 saturated carbocycles. The molecule has 0 aromatic heterocycles. The van der Waals surface area contributed by atoms with Gasteiger partial charge < -0.3 is 15.0 Å². The predicted molar refractivity (Wildman–Crippen MR) is 100 cm³/mol. The van der Waals surface area contributed by atoms with Gasteiger partial charge in [-0.25, -0.2) is 13.2 Å². The van der Waals surface area contributed by atoms with Gasteiger partial charge in [0.2, 0.25) is 0 Å². The lowest BCUT2D eigenvalue weighted by molar-refractivity contribution is 0.182. The van der Waals surface area contributed by atoms with Crippen LogP contribution in [-0.4, -0.2) is 44.8 Å². The Bertz CT molecular complexity index is 917. The van der Waals surface area contributed by atoms with E-state index in [1.165, 1.54) is 24.1 Å². The average Bonchev–Trinajstić information content (AvgIpc) is 2.56. The fourth-order valence-electron chi connectivity index (χ4n) is 2.78. The van der Waals surface area contributed by atoms with Crippen molar-refractivity contribution in [3.8, 4) is 5.75 Å². The lowest BCUT2D eigenvalue weighted by Crippen LogP contribution is -2.58. The van der Waals surface area contributed by atoms with Crippen LogP contribution in [0.25, 0.3) is 0 Å². The smallest absolute Gasteiger partial charge is 0.321 e. The number of benzene rings is 2. The summed E-state index contributed by atoms with van der Waals surface area (Å²) in [4.78, 5) is 14.0. The molecule has 2 aromatic carbocycles. The third kappa shape index (κ3) is 3.53. The normalized spacial score (nSPS) is 14.7. The van der Waals surface area contributed by atoms with Crippen LogP contribution in [0.4, 0.5) is 10.5 Å². The van der Waals surface area contributed by atoms with Crippen LogP contribution in [0, 0.1) is 13.8 Å². The molecule has 0 radical (unpaired) electrons. The number of likely N-dealkylation sites (tertiary alicyclic amines) is 1. The number of ether oxygens (including phenoxy) is 1. The minimum atomic E-state index is -3.46. The van der Waals surface area contributed by atoms with Crippen molar-refractivity contribution in [3.63, 3.8) is 0 Å². The van der Waals surface area contributed by atoms with E-state index in [0.29, 0.717) is 11.4 Å². The Balaban J connectivity index is 1.61. The largest absolute Gasteiger partial charge is 0.497 e. The van der Waals surface area contributed by atoms with Crippen LogP contribution in [-0.2, 0) is 9.84 Å². The molecule has 7 heteroatoms. The maximum absolute atomic E-state index is 12.6. The molecule has 138 valence electrons. The molecular weight excluding hydrogens is 352 g/mol. The lowest BCUT2D eigenvalue weighted by atomic mass is 10.1. The first-order valence-electron chi connectivity index (χ1n) is 8.32. The Morgan fingerprint density at radius 1 is 1.08 bits per heavy atom. The number of nitrogens with one attached hydrogen (secondary N) is 1. The summed E-state index contributed by atoms with van der Waals surface area (Å²) in [5, 5.41) is 2.23. The highest BCUT2D eigenvalue weighted by Crippen LogP contribution is 2.26. The van der Waals surface area contributed by atoms with E-state index in [4.69, 9.17) is 4.74 Å². The first kappa shape index (κ1) is 18.3. The number of amides is 2. The Morgan fingerprint density at radius 2 is 1.73 bits per heavy atom. The summed E-state index contributed by atoms with van der Waals surface area (Å²) in [5.41, 5.74) is 2.95. The van der Waals surface area contributed by atoms with Crippen LogP contribution >= 0.6 is 0 Å². The Hall–Kier alpha value is -2.54. The van der Waals surface area contributed by atoms with Crippen molar-refractivity contribution in [2.45, 2.75) is 24.0 Å². The van der Waals surface area contributed by atoms with Gasteiger partial charge in [0.1, 0.15) is 11.0 Å². The maximum atomic E-state index is 12.6. The molecule has 1 saturated heterocycles. The van der Waals surface area contributed by atoms with E-state index in [-0.39, 0.29) is 24.0 Å². The minimum absolute atomic E-state index is 0.186. The van der Waals surface area contributed by atoms with Crippen molar-refractivity contribution in [3.05, 3.63) is 53.6 Å². The first-order chi connectivity index (χ1) is 12.3. The fourth-order valence-corrected chi connectivity index (χ4v) is 4.43. The van der Waals surface area contributed by atoms with Gasteiger partial charge in [-0.1, -0.05) is 6.07 Å². The molecule has 0 unspecified atom stereocenters. The van der Waals surface area contributed by atoms with Crippen LogP contribution < -0.4 is 10.1 Å². The zero-order valence-corrected chi connectivity index (χ0v) is 15.8. The van der Waals surface area contributed by atoms with Crippen molar-refractivity contribution in [2.24, 2.45) is 0 Å². The van der Waals surface area contributed by atoms with Crippen molar-refractivity contribution < 1.29 is 17.9 Å². The topological polar surface area (TPSA) is 75.7 Å². The van der Waals surface area contributed by atoms with E-state index in [0.717, 1.165) is 11.1 Å². The number of anilines is 1. The third-order valence-electron chi connectivity index (χ3n) is 4.72. The summed E-state index contributed by atoms with van der Waals surface area (Å²) in [6.07, 6.45) is 0. The SMILES string of the molecule is COc1ccc(S(=O)(=O)C2CN(C(=O)Nc3ccc(C)c(C)c3)C2)cc1. The number of nitrogens with zero attached hydrogens (tertiary/aromatic N) is 1. The van der Waals surface area contributed by atoms with Gasteiger partial charge in [-0.05, 0) is 61.4 Å². The van der Waals surface area contributed by atoms with Gasteiger partial charge in [-0.2, -0.15) is 0 Å². The van der Waals surface area contributed by atoms with E-state index in [2.05, 4.69) is 5.32 Å². The molecule has 1 heterocycles. The number of hydrogen-bond donors (Lipinski definition) is 1. The number of carbonyl (C=O) groups is 1. The molecule has 2 aromatic rings. The number of hydrogen-bond acceptors (Lipinski definition) is 4. The van der Waals surface area contributed by atoms with Crippen LogP contribution in [0.15, 0.2) is 47.4 Å². The monoisotopic (exact) mass is 374 g/mol. The molecule has 0 bridgehead atoms. The number of rotatable bonds is 4. The van der Waals surface area contributed by atoms with E-state index in [9.17, 15) is 13.2 Å². The number of carbonyl (C=O) groups excluding carboxylic acids is 1. The number of sulfone groups is 1. The van der Waals surface area contributed by atoms with E-state index >= 15 is 0 Å². The zero-order chi connectivity index (χ0) is 18.9. The second-order valence-electron chi connectivity index (χ2n) is 6.48.